The number of rotatable bonds is 8. The molecule has 1 amide bonds. The zero-order valence-corrected chi connectivity index (χ0v) is 18.5. The number of hydrogen-bond acceptors (Lipinski definition) is 4. The summed E-state index contributed by atoms with van der Waals surface area (Å²) in [7, 11) is 0. The van der Waals surface area contributed by atoms with Crippen LogP contribution < -0.4 is 15.4 Å². The highest BCUT2D eigenvalue weighted by Crippen LogP contribution is 2.55. The Bertz CT molecular complexity index is 717. The van der Waals surface area contributed by atoms with Crippen LogP contribution in [0.15, 0.2) is 6.20 Å². The van der Waals surface area contributed by atoms with Crippen LogP contribution in [0.1, 0.15) is 81.5 Å². The Hall–Kier alpha value is -1.56. The number of carbonyl (C=O) groups is 1. The van der Waals surface area contributed by atoms with E-state index in [4.69, 9.17) is 4.74 Å². The second-order valence-corrected chi connectivity index (χ2v) is 10.6. The summed E-state index contributed by atoms with van der Waals surface area (Å²) < 4.78 is 8.00. The summed E-state index contributed by atoms with van der Waals surface area (Å²) in [4.78, 5) is 13.4. The van der Waals surface area contributed by atoms with Crippen LogP contribution in [0.5, 0.6) is 5.88 Å². The molecule has 0 radical (unpaired) electrons. The minimum Gasteiger partial charge on any atom is -0.477 e. The third-order valence-electron chi connectivity index (χ3n) is 8.10. The van der Waals surface area contributed by atoms with Crippen molar-refractivity contribution in [3.63, 3.8) is 0 Å². The quantitative estimate of drug-likeness (QED) is 0.680. The molecule has 1 aromatic heterocycles. The van der Waals surface area contributed by atoms with E-state index in [2.05, 4.69) is 22.7 Å². The van der Waals surface area contributed by atoms with Crippen LogP contribution in [-0.2, 0) is 6.54 Å². The van der Waals surface area contributed by atoms with Crippen molar-refractivity contribution in [2.75, 3.05) is 19.7 Å². The monoisotopic (exact) mass is 414 g/mol. The van der Waals surface area contributed by atoms with Gasteiger partial charge in [-0.2, -0.15) is 5.10 Å². The van der Waals surface area contributed by atoms with Crippen molar-refractivity contribution in [3.05, 3.63) is 11.8 Å². The van der Waals surface area contributed by atoms with E-state index in [1.165, 1.54) is 51.4 Å². The highest BCUT2D eigenvalue weighted by atomic mass is 16.5. The number of nitrogens with zero attached hydrogens (tertiary/aromatic N) is 2. The molecule has 1 aliphatic heterocycles. The van der Waals surface area contributed by atoms with Gasteiger partial charge in [0.2, 0.25) is 5.88 Å². The van der Waals surface area contributed by atoms with Crippen molar-refractivity contribution in [3.8, 4) is 5.88 Å². The summed E-state index contributed by atoms with van der Waals surface area (Å²) >= 11 is 0. The number of nitrogens with one attached hydrogen (secondary N) is 2. The molecule has 1 aromatic rings. The molecule has 5 fully saturated rings. The first-order valence-corrected chi connectivity index (χ1v) is 12.4. The summed E-state index contributed by atoms with van der Waals surface area (Å²) in [6.45, 7) is 5.78. The number of amides is 1. The Morgan fingerprint density at radius 1 is 1.20 bits per heavy atom. The molecule has 30 heavy (non-hydrogen) atoms. The second-order valence-electron chi connectivity index (χ2n) is 10.6. The molecule has 0 aromatic carbocycles. The SMILES string of the molecule is CCCOc1c(C(=O)NC23CC4CC(CC(C4)C2)C3)cnn1CCC1CCNCC1. The maximum absolute atomic E-state index is 13.4. The molecule has 0 unspecified atom stereocenters. The molecule has 2 N–H and O–H groups in total. The molecular weight excluding hydrogens is 376 g/mol. The molecular formula is C24H38N4O2. The first kappa shape index (κ1) is 20.3. The van der Waals surface area contributed by atoms with Crippen molar-refractivity contribution in [1.82, 2.24) is 20.4 Å². The van der Waals surface area contributed by atoms with Gasteiger partial charge in [0.05, 0.1) is 12.8 Å². The number of hydrogen-bond donors (Lipinski definition) is 2. The molecule has 4 aliphatic carbocycles. The Kier molecular flexibility index (Phi) is 5.78. The molecule has 1 saturated heterocycles. The second kappa shape index (κ2) is 8.52. The fourth-order valence-electron chi connectivity index (χ4n) is 7.09. The van der Waals surface area contributed by atoms with Gasteiger partial charge >= 0.3 is 0 Å². The predicted molar refractivity (Wildman–Crippen MR) is 117 cm³/mol. The molecule has 6 rings (SSSR count). The molecule has 0 atom stereocenters. The number of piperidine rings is 1. The van der Waals surface area contributed by atoms with Gasteiger partial charge in [-0.1, -0.05) is 6.92 Å². The molecule has 2 heterocycles. The van der Waals surface area contributed by atoms with Crippen LogP contribution in [-0.4, -0.2) is 40.9 Å². The van der Waals surface area contributed by atoms with Gasteiger partial charge in [-0.15, -0.1) is 0 Å². The van der Waals surface area contributed by atoms with Gasteiger partial charge < -0.3 is 15.4 Å². The first-order valence-electron chi connectivity index (χ1n) is 12.4. The highest BCUT2D eigenvalue weighted by molar-refractivity contribution is 5.96. The average Bonchev–Trinajstić information content (AvgIpc) is 3.13. The lowest BCUT2D eigenvalue weighted by molar-refractivity contribution is -0.0167. The van der Waals surface area contributed by atoms with Gasteiger partial charge in [-0.3, -0.25) is 4.79 Å². The molecule has 5 aliphatic rings. The molecule has 4 saturated carbocycles. The van der Waals surface area contributed by atoms with Gasteiger partial charge in [0, 0.05) is 12.1 Å². The third-order valence-corrected chi connectivity index (χ3v) is 8.10. The lowest BCUT2D eigenvalue weighted by atomic mass is 9.53. The highest BCUT2D eigenvalue weighted by Gasteiger charge is 2.51. The normalized spacial score (nSPS) is 33.0. The Morgan fingerprint density at radius 2 is 1.87 bits per heavy atom. The van der Waals surface area contributed by atoms with Crippen molar-refractivity contribution >= 4 is 5.91 Å². The summed E-state index contributed by atoms with van der Waals surface area (Å²) in [5.74, 6) is 3.89. The molecule has 166 valence electrons. The molecule has 4 bridgehead atoms. The topological polar surface area (TPSA) is 68.2 Å². The Balaban J connectivity index is 1.29. The summed E-state index contributed by atoms with van der Waals surface area (Å²) in [6, 6.07) is 0. The minimum atomic E-state index is 0.0189. The van der Waals surface area contributed by atoms with Gasteiger partial charge in [0.1, 0.15) is 5.56 Å². The van der Waals surface area contributed by atoms with Crippen LogP contribution in [0.4, 0.5) is 0 Å². The van der Waals surface area contributed by atoms with E-state index in [0.29, 0.717) is 18.1 Å². The van der Waals surface area contributed by atoms with Crippen LogP contribution in [0, 0.1) is 23.7 Å². The van der Waals surface area contributed by atoms with Gasteiger partial charge in [-0.25, -0.2) is 4.68 Å². The van der Waals surface area contributed by atoms with Crippen molar-refractivity contribution in [2.45, 2.75) is 83.2 Å². The fourth-order valence-corrected chi connectivity index (χ4v) is 7.09. The predicted octanol–water partition coefficient (Wildman–Crippen LogP) is 3.76. The largest absolute Gasteiger partial charge is 0.477 e. The number of carbonyl (C=O) groups excluding carboxylic acids is 1. The molecule has 0 spiro atoms. The van der Waals surface area contributed by atoms with Crippen LogP contribution in [0.3, 0.4) is 0 Å². The van der Waals surface area contributed by atoms with E-state index >= 15 is 0 Å². The number of aromatic nitrogens is 2. The maximum atomic E-state index is 13.4. The summed E-state index contributed by atoms with van der Waals surface area (Å²) in [5.41, 5.74) is 0.648. The van der Waals surface area contributed by atoms with Crippen molar-refractivity contribution in [1.29, 1.82) is 0 Å². The fraction of sp³-hybridized carbons (Fsp3) is 0.833. The zero-order chi connectivity index (χ0) is 20.6. The lowest BCUT2D eigenvalue weighted by Crippen LogP contribution is -2.59. The van der Waals surface area contributed by atoms with Crippen LogP contribution >= 0.6 is 0 Å². The van der Waals surface area contributed by atoms with Crippen LogP contribution in [0.2, 0.25) is 0 Å². The van der Waals surface area contributed by atoms with Gasteiger partial charge in [0.25, 0.3) is 5.91 Å². The van der Waals surface area contributed by atoms with Crippen molar-refractivity contribution < 1.29 is 9.53 Å². The van der Waals surface area contributed by atoms with E-state index in [1.54, 1.807) is 6.20 Å². The summed E-state index contributed by atoms with van der Waals surface area (Å²) in [5, 5.41) is 11.5. The van der Waals surface area contributed by atoms with Gasteiger partial charge in [-0.05, 0) is 101 Å². The summed E-state index contributed by atoms with van der Waals surface area (Å²) in [6.07, 6.45) is 13.9. The van der Waals surface area contributed by atoms with E-state index in [9.17, 15) is 4.79 Å². The van der Waals surface area contributed by atoms with E-state index in [-0.39, 0.29) is 11.4 Å². The average molecular weight is 415 g/mol. The molecule has 6 nitrogen and oxygen atoms in total. The Morgan fingerprint density at radius 3 is 2.50 bits per heavy atom. The van der Waals surface area contributed by atoms with E-state index < -0.39 is 0 Å². The third kappa shape index (κ3) is 4.12. The Labute approximate surface area is 180 Å². The standard InChI is InChI=1S/C24H38N4O2/c1-2-9-30-23-21(16-26-28(23)8-5-17-3-6-25-7-4-17)22(29)27-24-13-18-10-19(14-24)12-20(11-18)15-24/h16-20,25H,2-15H2,1H3,(H,27,29). The smallest absolute Gasteiger partial charge is 0.258 e. The van der Waals surface area contributed by atoms with Crippen LogP contribution in [0.25, 0.3) is 0 Å². The number of ether oxygens (including phenoxy) is 1. The minimum absolute atomic E-state index is 0.0189. The van der Waals surface area contributed by atoms with Crippen molar-refractivity contribution in [2.24, 2.45) is 23.7 Å². The zero-order valence-electron chi connectivity index (χ0n) is 18.5. The first-order chi connectivity index (χ1) is 14.6. The number of aryl methyl sites for hydroxylation is 1. The van der Waals surface area contributed by atoms with E-state index in [1.807, 2.05) is 4.68 Å². The molecule has 6 heteroatoms. The van der Waals surface area contributed by atoms with Gasteiger partial charge in [0.15, 0.2) is 0 Å². The van der Waals surface area contributed by atoms with E-state index in [0.717, 1.165) is 56.1 Å². The lowest BCUT2D eigenvalue weighted by Gasteiger charge is -2.56. The maximum Gasteiger partial charge on any atom is 0.258 e.